The van der Waals surface area contributed by atoms with Gasteiger partial charge in [0.1, 0.15) is 5.82 Å². The number of hydrogen-bond acceptors (Lipinski definition) is 4. The van der Waals surface area contributed by atoms with E-state index in [-0.39, 0.29) is 0 Å². The van der Waals surface area contributed by atoms with Crippen molar-refractivity contribution in [1.82, 2.24) is 15.0 Å². The smallest absolute Gasteiger partial charge is 0.163 e. The van der Waals surface area contributed by atoms with Crippen LogP contribution in [0.25, 0.3) is 22.3 Å². The molecule has 4 heteroatoms. The molecular formula is C23H20N4. The first-order valence-corrected chi connectivity index (χ1v) is 9.25. The molecule has 0 radical (unpaired) electrons. The van der Waals surface area contributed by atoms with Crippen molar-refractivity contribution in [1.29, 1.82) is 0 Å². The third-order valence-corrected chi connectivity index (χ3v) is 5.14. The molecular weight excluding hydrogens is 332 g/mol. The number of nitrogens with zero attached hydrogens (tertiary/aromatic N) is 4. The van der Waals surface area contributed by atoms with Crippen molar-refractivity contribution in [2.24, 2.45) is 0 Å². The van der Waals surface area contributed by atoms with E-state index in [1.165, 1.54) is 22.4 Å². The lowest BCUT2D eigenvalue weighted by atomic mass is 10.1. The molecule has 27 heavy (non-hydrogen) atoms. The molecule has 0 aliphatic carbocycles. The SMILES string of the molecule is Cc1ccc2c(c1)CCN2c1nc(-c2cccnc2)nc2ccc(C)cc12. The van der Waals surface area contributed by atoms with Gasteiger partial charge in [-0.15, -0.1) is 0 Å². The highest BCUT2D eigenvalue weighted by molar-refractivity contribution is 5.94. The molecule has 1 aliphatic heterocycles. The Morgan fingerprint density at radius 2 is 1.78 bits per heavy atom. The number of aryl methyl sites for hydroxylation is 2. The first kappa shape index (κ1) is 15.9. The van der Waals surface area contributed by atoms with E-state index in [1.807, 2.05) is 18.3 Å². The molecule has 0 N–H and O–H groups in total. The number of anilines is 2. The summed E-state index contributed by atoms with van der Waals surface area (Å²) in [5.74, 6) is 1.69. The maximum absolute atomic E-state index is 4.99. The van der Waals surface area contributed by atoms with Crippen molar-refractivity contribution in [3.8, 4) is 11.4 Å². The molecule has 0 spiro atoms. The van der Waals surface area contributed by atoms with E-state index in [4.69, 9.17) is 9.97 Å². The highest BCUT2D eigenvalue weighted by Crippen LogP contribution is 2.38. The normalized spacial score (nSPS) is 13.2. The van der Waals surface area contributed by atoms with Gasteiger partial charge in [-0.3, -0.25) is 4.98 Å². The van der Waals surface area contributed by atoms with Gasteiger partial charge in [0.2, 0.25) is 0 Å². The standard InChI is InChI=1S/C23H20N4/c1-15-6-8-21-17(12-15)9-11-27(21)23-19-13-16(2)5-7-20(19)25-22(26-23)18-4-3-10-24-14-18/h3-8,10,12-14H,9,11H2,1-2H3. The van der Waals surface area contributed by atoms with Crippen LogP contribution in [0.5, 0.6) is 0 Å². The topological polar surface area (TPSA) is 41.9 Å². The van der Waals surface area contributed by atoms with Crippen LogP contribution in [0, 0.1) is 13.8 Å². The molecule has 4 aromatic rings. The molecule has 5 rings (SSSR count). The number of aromatic nitrogens is 3. The van der Waals surface area contributed by atoms with Crippen molar-refractivity contribution in [2.45, 2.75) is 20.3 Å². The van der Waals surface area contributed by atoms with Crippen LogP contribution in [0.1, 0.15) is 16.7 Å². The Hall–Kier alpha value is -3.27. The summed E-state index contributed by atoms with van der Waals surface area (Å²) >= 11 is 0. The van der Waals surface area contributed by atoms with Crippen LogP contribution in [0.3, 0.4) is 0 Å². The van der Waals surface area contributed by atoms with Crippen molar-refractivity contribution in [2.75, 3.05) is 11.4 Å². The molecule has 4 nitrogen and oxygen atoms in total. The fourth-order valence-corrected chi connectivity index (χ4v) is 3.81. The van der Waals surface area contributed by atoms with Gasteiger partial charge in [-0.2, -0.15) is 0 Å². The van der Waals surface area contributed by atoms with E-state index in [9.17, 15) is 0 Å². The van der Waals surface area contributed by atoms with Crippen LogP contribution in [0.4, 0.5) is 11.5 Å². The number of fused-ring (bicyclic) bond motifs is 2. The van der Waals surface area contributed by atoms with Gasteiger partial charge in [-0.05, 0) is 56.2 Å². The number of hydrogen-bond donors (Lipinski definition) is 0. The van der Waals surface area contributed by atoms with Gasteiger partial charge in [0.05, 0.1) is 5.52 Å². The Bertz CT molecular complexity index is 1150. The van der Waals surface area contributed by atoms with Crippen LogP contribution in [-0.4, -0.2) is 21.5 Å². The summed E-state index contributed by atoms with van der Waals surface area (Å²) in [5, 5.41) is 1.09. The number of rotatable bonds is 2. The minimum atomic E-state index is 0.718. The van der Waals surface area contributed by atoms with E-state index in [0.29, 0.717) is 0 Å². The zero-order chi connectivity index (χ0) is 18.4. The summed E-state index contributed by atoms with van der Waals surface area (Å²) in [6.45, 7) is 5.19. The van der Waals surface area contributed by atoms with E-state index in [0.717, 1.165) is 41.1 Å². The lowest BCUT2D eigenvalue weighted by molar-refractivity contribution is 0.976. The average molecular weight is 352 g/mol. The Balaban J connectivity index is 1.75. The molecule has 0 bridgehead atoms. The van der Waals surface area contributed by atoms with E-state index < -0.39 is 0 Å². The molecule has 0 amide bonds. The van der Waals surface area contributed by atoms with Crippen molar-refractivity contribution >= 4 is 22.4 Å². The first-order valence-electron chi connectivity index (χ1n) is 9.25. The van der Waals surface area contributed by atoms with Crippen LogP contribution in [0.2, 0.25) is 0 Å². The lowest BCUT2D eigenvalue weighted by Gasteiger charge is -2.21. The van der Waals surface area contributed by atoms with E-state index in [1.54, 1.807) is 6.20 Å². The van der Waals surface area contributed by atoms with Gasteiger partial charge < -0.3 is 4.90 Å². The maximum atomic E-state index is 4.99. The van der Waals surface area contributed by atoms with Gasteiger partial charge in [0, 0.05) is 35.6 Å². The van der Waals surface area contributed by atoms with Crippen LogP contribution in [0.15, 0.2) is 60.9 Å². The average Bonchev–Trinajstić information content (AvgIpc) is 3.10. The molecule has 0 saturated carbocycles. The van der Waals surface area contributed by atoms with Crippen LogP contribution >= 0.6 is 0 Å². The second-order valence-corrected chi connectivity index (χ2v) is 7.17. The molecule has 0 unspecified atom stereocenters. The van der Waals surface area contributed by atoms with E-state index in [2.05, 4.69) is 60.1 Å². The van der Waals surface area contributed by atoms with Gasteiger partial charge in [-0.25, -0.2) is 9.97 Å². The Kier molecular flexibility index (Phi) is 3.64. The third kappa shape index (κ3) is 2.74. The number of benzene rings is 2. The fraction of sp³-hybridized carbons (Fsp3) is 0.174. The Labute approximate surface area is 158 Å². The largest absolute Gasteiger partial charge is 0.325 e. The summed E-state index contributed by atoms with van der Waals surface area (Å²) in [6.07, 6.45) is 4.63. The first-order chi connectivity index (χ1) is 13.2. The van der Waals surface area contributed by atoms with E-state index >= 15 is 0 Å². The van der Waals surface area contributed by atoms with Gasteiger partial charge in [0.25, 0.3) is 0 Å². The second-order valence-electron chi connectivity index (χ2n) is 7.17. The molecule has 132 valence electrons. The molecule has 3 heterocycles. The summed E-state index contributed by atoms with van der Waals surface area (Å²) in [4.78, 5) is 16.4. The predicted molar refractivity (Wildman–Crippen MR) is 109 cm³/mol. The molecule has 2 aromatic heterocycles. The van der Waals surface area contributed by atoms with Crippen molar-refractivity contribution in [3.63, 3.8) is 0 Å². The summed E-state index contributed by atoms with van der Waals surface area (Å²) in [5.41, 5.74) is 7.05. The summed E-state index contributed by atoms with van der Waals surface area (Å²) < 4.78 is 0. The third-order valence-electron chi connectivity index (χ3n) is 5.14. The van der Waals surface area contributed by atoms with Crippen molar-refractivity contribution in [3.05, 3.63) is 77.6 Å². The molecule has 1 aliphatic rings. The molecule has 0 fully saturated rings. The van der Waals surface area contributed by atoms with Gasteiger partial charge in [0.15, 0.2) is 5.82 Å². The minimum absolute atomic E-state index is 0.718. The Morgan fingerprint density at radius 1 is 0.926 bits per heavy atom. The highest BCUT2D eigenvalue weighted by Gasteiger charge is 2.24. The summed E-state index contributed by atoms with van der Waals surface area (Å²) in [6, 6.07) is 17.0. The minimum Gasteiger partial charge on any atom is -0.325 e. The zero-order valence-corrected chi connectivity index (χ0v) is 15.5. The predicted octanol–water partition coefficient (Wildman–Crippen LogP) is 5.00. The van der Waals surface area contributed by atoms with Gasteiger partial charge >= 0.3 is 0 Å². The highest BCUT2D eigenvalue weighted by atomic mass is 15.2. The lowest BCUT2D eigenvalue weighted by Crippen LogP contribution is -2.16. The summed E-state index contributed by atoms with van der Waals surface area (Å²) in [7, 11) is 0. The van der Waals surface area contributed by atoms with Gasteiger partial charge in [-0.1, -0.05) is 29.3 Å². The van der Waals surface area contributed by atoms with Crippen LogP contribution < -0.4 is 4.90 Å². The molecule has 2 aromatic carbocycles. The van der Waals surface area contributed by atoms with Crippen LogP contribution in [-0.2, 0) is 6.42 Å². The zero-order valence-electron chi connectivity index (χ0n) is 15.5. The maximum Gasteiger partial charge on any atom is 0.163 e. The van der Waals surface area contributed by atoms with Crippen molar-refractivity contribution < 1.29 is 0 Å². The monoisotopic (exact) mass is 352 g/mol. The Morgan fingerprint density at radius 3 is 2.63 bits per heavy atom. The molecule has 0 atom stereocenters. The quantitative estimate of drug-likeness (QED) is 0.509. The fourth-order valence-electron chi connectivity index (χ4n) is 3.81. The molecule has 0 saturated heterocycles. The second kappa shape index (κ2) is 6.16. The number of pyridine rings is 1.